The van der Waals surface area contributed by atoms with Crippen LogP contribution in [0.2, 0.25) is 0 Å². The van der Waals surface area contributed by atoms with Gasteiger partial charge >= 0.3 is 5.97 Å². The van der Waals surface area contributed by atoms with Crippen LogP contribution in [0.1, 0.15) is 29.6 Å². The van der Waals surface area contributed by atoms with Crippen molar-refractivity contribution >= 4 is 11.9 Å². The van der Waals surface area contributed by atoms with E-state index >= 15 is 0 Å². The Labute approximate surface area is 98.2 Å². The molecule has 3 N–H and O–H groups in total. The summed E-state index contributed by atoms with van der Waals surface area (Å²) in [6.45, 7) is 3.03. The maximum absolute atomic E-state index is 11.2. The Kier molecular flexibility index (Phi) is 5.15. The van der Waals surface area contributed by atoms with Gasteiger partial charge in [-0.1, -0.05) is 12.1 Å². The molecule has 0 fully saturated rings. The second kappa shape index (κ2) is 6.64. The van der Waals surface area contributed by atoms with E-state index in [1.54, 1.807) is 0 Å². The molecule has 0 unspecified atom stereocenters. The van der Waals surface area contributed by atoms with Gasteiger partial charge in [0.2, 0.25) is 5.91 Å². The molecule has 0 atom stereocenters. The van der Waals surface area contributed by atoms with Crippen molar-refractivity contribution in [2.75, 3.05) is 13.1 Å². The predicted octanol–water partition coefficient (Wildman–Crippen LogP) is -0.0114. The number of aromatic carboxylic acids is 1. The molecule has 0 radical (unpaired) electrons. The number of carboxylic acids is 1. The summed E-state index contributed by atoms with van der Waals surface area (Å²) in [6.07, 6.45) is 0.885. The number of amides is 1. The molecule has 0 aliphatic carbocycles. The first-order valence-corrected chi connectivity index (χ1v) is 5.29. The molecule has 1 rings (SSSR count). The summed E-state index contributed by atoms with van der Waals surface area (Å²) in [5, 5.41) is 17.5. The summed E-state index contributed by atoms with van der Waals surface area (Å²) in [5.74, 6) is -0.865. The minimum absolute atomic E-state index is 0.107. The van der Waals surface area contributed by atoms with E-state index in [9.17, 15) is 9.59 Å². The molecule has 0 bridgehead atoms. The third-order valence-electron chi connectivity index (χ3n) is 1.94. The molecule has 1 aromatic heterocycles. The first-order chi connectivity index (χ1) is 8.13. The van der Waals surface area contributed by atoms with E-state index in [2.05, 4.69) is 15.8 Å². The lowest BCUT2D eigenvalue weighted by Crippen LogP contribution is -2.33. The molecule has 94 valence electrons. The second-order valence-electron chi connectivity index (χ2n) is 3.44. The van der Waals surface area contributed by atoms with Crippen LogP contribution >= 0.6 is 0 Å². The zero-order valence-corrected chi connectivity index (χ0v) is 9.52. The fourth-order valence-electron chi connectivity index (χ4n) is 1.12. The van der Waals surface area contributed by atoms with E-state index < -0.39 is 5.97 Å². The normalized spacial score (nSPS) is 10.2. The van der Waals surface area contributed by atoms with Gasteiger partial charge in [-0.25, -0.2) is 4.79 Å². The van der Waals surface area contributed by atoms with E-state index in [0.29, 0.717) is 12.3 Å². The van der Waals surface area contributed by atoms with E-state index in [4.69, 9.17) is 9.63 Å². The minimum Gasteiger partial charge on any atom is -0.476 e. The number of nitrogens with one attached hydrogen (secondary N) is 2. The highest BCUT2D eigenvalue weighted by Gasteiger charge is 2.10. The summed E-state index contributed by atoms with van der Waals surface area (Å²) >= 11 is 0. The number of nitrogens with zero attached hydrogens (tertiary/aromatic N) is 1. The van der Waals surface area contributed by atoms with Gasteiger partial charge in [0.1, 0.15) is 0 Å². The lowest BCUT2D eigenvalue weighted by Gasteiger charge is -2.03. The standard InChI is InChI=1S/C10H15N3O4/c1-2-3-12-9(14)6-11-5-7-4-8(10(15)16)13-17-7/h4,11H,2-3,5-6H2,1H3,(H,12,14)(H,15,16). The van der Waals surface area contributed by atoms with E-state index in [0.717, 1.165) is 6.42 Å². The highest BCUT2D eigenvalue weighted by Crippen LogP contribution is 2.02. The fourth-order valence-corrected chi connectivity index (χ4v) is 1.12. The van der Waals surface area contributed by atoms with Gasteiger partial charge in [0.05, 0.1) is 13.1 Å². The third-order valence-corrected chi connectivity index (χ3v) is 1.94. The Balaban J connectivity index is 2.26. The number of hydrogen-bond acceptors (Lipinski definition) is 5. The van der Waals surface area contributed by atoms with Crippen molar-refractivity contribution in [1.82, 2.24) is 15.8 Å². The van der Waals surface area contributed by atoms with Crippen molar-refractivity contribution in [3.63, 3.8) is 0 Å². The van der Waals surface area contributed by atoms with Gasteiger partial charge in [-0.3, -0.25) is 4.79 Å². The molecule has 7 heteroatoms. The minimum atomic E-state index is -1.14. The van der Waals surface area contributed by atoms with Crippen LogP contribution in [-0.4, -0.2) is 35.2 Å². The number of hydrogen-bond donors (Lipinski definition) is 3. The Morgan fingerprint density at radius 3 is 2.88 bits per heavy atom. The first kappa shape index (κ1) is 13.2. The van der Waals surface area contributed by atoms with Gasteiger partial charge in [0, 0.05) is 12.6 Å². The molecular weight excluding hydrogens is 226 g/mol. The number of aromatic nitrogens is 1. The Morgan fingerprint density at radius 2 is 2.29 bits per heavy atom. The van der Waals surface area contributed by atoms with E-state index in [-0.39, 0.29) is 24.7 Å². The average molecular weight is 241 g/mol. The van der Waals surface area contributed by atoms with E-state index in [1.807, 2.05) is 6.92 Å². The predicted molar refractivity (Wildman–Crippen MR) is 58.5 cm³/mol. The van der Waals surface area contributed by atoms with Crippen molar-refractivity contribution in [3.8, 4) is 0 Å². The summed E-state index contributed by atoms with van der Waals surface area (Å²) in [4.78, 5) is 21.7. The number of rotatable bonds is 7. The Hall–Kier alpha value is -1.89. The third kappa shape index (κ3) is 4.64. The van der Waals surface area contributed by atoms with Crippen LogP contribution < -0.4 is 10.6 Å². The quantitative estimate of drug-likeness (QED) is 0.620. The van der Waals surface area contributed by atoms with E-state index in [1.165, 1.54) is 6.07 Å². The van der Waals surface area contributed by atoms with Crippen LogP contribution in [0, 0.1) is 0 Å². The van der Waals surface area contributed by atoms with Crippen LogP contribution in [0.5, 0.6) is 0 Å². The fraction of sp³-hybridized carbons (Fsp3) is 0.500. The summed E-state index contributed by atoms with van der Waals surface area (Å²) in [6, 6.07) is 1.32. The maximum atomic E-state index is 11.2. The number of carbonyl (C=O) groups excluding carboxylic acids is 1. The molecule has 0 aromatic carbocycles. The molecule has 0 saturated heterocycles. The summed E-state index contributed by atoms with van der Waals surface area (Å²) < 4.78 is 4.76. The molecule has 0 aliphatic rings. The first-order valence-electron chi connectivity index (χ1n) is 5.29. The van der Waals surface area contributed by atoms with Crippen molar-refractivity contribution in [2.45, 2.75) is 19.9 Å². The topological polar surface area (TPSA) is 104 Å². The highest BCUT2D eigenvalue weighted by molar-refractivity contribution is 5.85. The smallest absolute Gasteiger partial charge is 0.358 e. The Bertz CT molecular complexity index is 389. The van der Waals surface area contributed by atoms with Crippen LogP contribution in [0.4, 0.5) is 0 Å². The van der Waals surface area contributed by atoms with Crippen molar-refractivity contribution < 1.29 is 19.2 Å². The molecule has 1 aromatic rings. The number of carbonyl (C=O) groups is 2. The van der Waals surface area contributed by atoms with Gasteiger partial charge in [-0.05, 0) is 6.42 Å². The summed E-state index contributed by atoms with van der Waals surface area (Å²) in [5.41, 5.74) is -0.141. The lowest BCUT2D eigenvalue weighted by molar-refractivity contribution is -0.120. The van der Waals surface area contributed by atoms with Crippen LogP contribution in [0.15, 0.2) is 10.6 Å². The van der Waals surface area contributed by atoms with Crippen LogP contribution in [0.3, 0.4) is 0 Å². The maximum Gasteiger partial charge on any atom is 0.358 e. The molecule has 17 heavy (non-hydrogen) atoms. The lowest BCUT2D eigenvalue weighted by atomic mass is 10.3. The van der Waals surface area contributed by atoms with Gasteiger partial charge in [0.15, 0.2) is 11.5 Å². The van der Waals surface area contributed by atoms with Crippen molar-refractivity contribution in [1.29, 1.82) is 0 Å². The zero-order chi connectivity index (χ0) is 12.7. The average Bonchev–Trinajstić information content (AvgIpc) is 2.75. The van der Waals surface area contributed by atoms with Gasteiger partial charge in [-0.15, -0.1) is 0 Å². The zero-order valence-electron chi connectivity index (χ0n) is 9.52. The summed E-state index contributed by atoms with van der Waals surface area (Å²) in [7, 11) is 0. The molecule has 1 amide bonds. The van der Waals surface area contributed by atoms with Gasteiger partial charge in [-0.2, -0.15) is 0 Å². The van der Waals surface area contributed by atoms with Crippen LogP contribution in [-0.2, 0) is 11.3 Å². The second-order valence-corrected chi connectivity index (χ2v) is 3.44. The number of carboxylic acid groups (broad SMARTS) is 1. The Morgan fingerprint density at radius 1 is 1.53 bits per heavy atom. The molecular formula is C10H15N3O4. The molecule has 0 aliphatic heterocycles. The molecule has 7 nitrogen and oxygen atoms in total. The van der Waals surface area contributed by atoms with Crippen molar-refractivity contribution in [2.24, 2.45) is 0 Å². The molecule has 0 saturated carbocycles. The molecule has 1 heterocycles. The van der Waals surface area contributed by atoms with Gasteiger partial charge in [0.25, 0.3) is 0 Å². The van der Waals surface area contributed by atoms with Crippen molar-refractivity contribution in [3.05, 3.63) is 17.5 Å². The SMILES string of the molecule is CCCNC(=O)CNCc1cc(C(=O)O)no1. The largest absolute Gasteiger partial charge is 0.476 e. The van der Waals surface area contributed by atoms with Crippen LogP contribution in [0.25, 0.3) is 0 Å². The van der Waals surface area contributed by atoms with Gasteiger partial charge < -0.3 is 20.3 Å². The monoisotopic (exact) mass is 241 g/mol. The highest BCUT2D eigenvalue weighted by atomic mass is 16.5. The molecule has 0 spiro atoms.